The number of ether oxygens (including phenoxy) is 2. The molecule has 4 heterocycles. The van der Waals surface area contributed by atoms with Crippen LogP contribution in [0, 0.1) is 0 Å². The average molecular weight is 741 g/mol. The molecule has 4 aromatic carbocycles. The first-order chi connectivity index (χ1) is 27.6. The summed E-state index contributed by atoms with van der Waals surface area (Å²) in [5.41, 5.74) is 8.87. The van der Waals surface area contributed by atoms with Gasteiger partial charge in [0.25, 0.3) is 0 Å². The number of H-pyrrole nitrogens is 3. The minimum atomic E-state index is -0.330. The molecule has 3 N–H and O–H groups in total. The van der Waals surface area contributed by atoms with E-state index in [1.807, 2.05) is 36.4 Å². The lowest BCUT2D eigenvalue weighted by atomic mass is 9.68. The van der Waals surface area contributed by atoms with Crippen molar-refractivity contribution in [2.75, 3.05) is 14.2 Å². The van der Waals surface area contributed by atoms with Gasteiger partial charge in [-0.05, 0) is 62.2 Å². The monoisotopic (exact) mass is 740 g/mol. The molecule has 0 saturated heterocycles. The summed E-state index contributed by atoms with van der Waals surface area (Å²) in [6, 6.07) is 37.4. The van der Waals surface area contributed by atoms with Gasteiger partial charge in [-0.25, -0.2) is 0 Å². The van der Waals surface area contributed by atoms with Gasteiger partial charge in [0.2, 0.25) is 5.82 Å². The molecule has 10 rings (SSSR count). The van der Waals surface area contributed by atoms with E-state index in [4.69, 9.17) is 9.47 Å². The van der Waals surface area contributed by atoms with Crippen molar-refractivity contribution < 1.29 is 9.47 Å². The maximum atomic E-state index is 5.48. The Morgan fingerprint density at radius 1 is 0.625 bits per heavy atom. The van der Waals surface area contributed by atoms with Crippen molar-refractivity contribution in [3.8, 4) is 28.8 Å². The molecule has 14 heteroatoms. The van der Waals surface area contributed by atoms with Crippen LogP contribution in [0.15, 0.2) is 128 Å². The molecule has 56 heavy (non-hydrogen) atoms. The van der Waals surface area contributed by atoms with Crippen LogP contribution in [0.1, 0.15) is 44.8 Å². The van der Waals surface area contributed by atoms with Gasteiger partial charge in [-0.2, -0.15) is 20.1 Å². The van der Waals surface area contributed by atoms with Crippen LogP contribution >= 0.6 is 0 Å². The lowest BCUT2D eigenvalue weighted by Crippen LogP contribution is -2.30. The Hall–Kier alpha value is -7.48. The fourth-order valence-electron chi connectivity index (χ4n) is 7.78. The summed E-state index contributed by atoms with van der Waals surface area (Å²) in [4.78, 5) is 0. The van der Waals surface area contributed by atoms with E-state index in [9.17, 15) is 0 Å². The molecule has 0 spiro atoms. The highest BCUT2D eigenvalue weighted by molar-refractivity contribution is 5.73. The van der Waals surface area contributed by atoms with Gasteiger partial charge in [-0.1, -0.05) is 109 Å². The lowest BCUT2D eigenvalue weighted by molar-refractivity contribution is 0.413. The molecule has 0 amide bonds. The number of tetrazole rings is 2. The van der Waals surface area contributed by atoms with Crippen molar-refractivity contribution >= 4 is 12.2 Å². The number of aromatic nitrogens is 12. The largest absolute Gasteiger partial charge is 0.497 e. The molecular weight excluding hydrogens is 705 g/mol. The molecule has 0 saturated carbocycles. The van der Waals surface area contributed by atoms with Crippen molar-refractivity contribution in [2.24, 2.45) is 0 Å². The number of allylic oxidation sites excluding steroid dienone is 2. The van der Waals surface area contributed by atoms with Crippen LogP contribution in [0.4, 0.5) is 0 Å². The lowest BCUT2D eigenvalue weighted by Gasteiger charge is -2.34. The number of benzene rings is 4. The van der Waals surface area contributed by atoms with Gasteiger partial charge < -0.3 is 9.47 Å². The molecule has 0 aliphatic heterocycles. The van der Waals surface area contributed by atoms with Gasteiger partial charge in [0.1, 0.15) is 23.5 Å². The van der Waals surface area contributed by atoms with Gasteiger partial charge in [0.15, 0.2) is 5.82 Å². The Morgan fingerprint density at radius 3 is 1.75 bits per heavy atom. The normalized spacial score (nSPS) is 18.0. The predicted octanol–water partition coefficient (Wildman–Crippen LogP) is 6.10. The van der Waals surface area contributed by atoms with Crippen LogP contribution in [0.5, 0.6) is 11.5 Å². The summed E-state index contributed by atoms with van der Waals surface area (Å²) in [5.74, 6) is 2.86. The third-order valence-electron chi connectivity index (χ3n) is 10.6. The van der Waals surface area contributed by atoms with E-state index in [-0.39, 0.29) is 10.8 Å². The highest BCUT2D eigenvalue weighted by Gasteiger charge is 2.38. The average Bonchev–Trinajstić information content (AvgIpc) is 4.12. The van der Waals surface area contributed by atoms with Crippen LogP contribution in [-0.2, 0) is 23.7 Å². The summed E-state index contributed by atoms with van der Waals surface area (Å²) in [7, 11) is 3.38. The molecule has 4 aromatic heterocycles. The van der Waals surface area contributed by atoms with Crippen LogP contribution in [0.3, 0.4) is 0 Å². The highest BCUT2D eigenvalue weighted by atomic mass is 16.5. The van der Waals surface area contributed by atoms with E-state index in [1.165, 1.54) is 16.7 Å². The second kappa shape index (κ2) is 14.4. The summed E-state index contributed by atoms with van der Waals surface area (Å²) >= 11 is 0. The van der Waals surface area contributed by atoms with E-state index in [0.29, 0.717) is 17.3 Å². The molecule has 0 bridgehead atoms. The Kier molecular flexibility index (Phi) is 8.82. The van der Waals surface area contributed by atoms with Crippen molar-refractivity contribution in [3.63, 3.8) is 0 Å². The number of hydrogen-bond donors (Lipinski definition) is 3. The van der Waals surface area contributed by atoms with Crippen LogP contribution in [0.2, 0.25) is 0 Å². The summed E-state index contributed by atoms with van der Waals surface area (Å²) < 4.78 is 12.5. The summed E-state index contributed by atoms with van der Waals surface area (Å²) in [6.45, 7) is 0. The summed E-state index contributed by atoms with van der Waals surface area (Å²) in [5, 5.41) is 40.9. The Balaban J connectivity index is 0.000000146. The second-order valence-corrected chi connectivity index (χ2v) is 13.6. The zero-order valence-corrected chi connectivity index (χ0v) is 30.5. The number of fused-ring (bicyclic) bond motifs is 2. The predicted molar refractivity (Wildman–Crippen MR) is 209 cm³/mol. The maximum Gasteiger partial charge on any atom is 0.225 e. The molecular formula is C42H36N12O2. The molecule has 8 aromatic rings. The zero-order valence-electron chi connectivity index (χ0n) is 30.5. The molecule has 2 aliphatic rings. The van der Waals surface area contributed by atoms with Gasteiger partial charge in [-0.15, -0.1) is 15.3 Å². The van der Waals surface area contributed by atoms with E-state index >= 15 is 0 Å². The van der Waals surface area contributed by atoms with Gasteiger partial charge in [-0.3, -0.25) is 10.2 Å². The van der Waals surface area contributed by atoms with Crippen molar-refractivity contribution in [1.29, 1.82) is 0 Å². The molecule has 2 atom stereocenters. The Labute approximate surface area is 321 Å². The molecule has 276 valence electrons. The first-order valence-corrected chi connectivity index (χ1v) is 18.0. The van der Waals surface area contributed by atoms with E-state index in [0.717, 1.165) is 52.4 Å². The highest BCUT2D eigenvalue weighted by Crippen LogP contribution is 2.44. The number of methoxy groups -OCH3 is 2. The smallest absolute Gasteiger partial charge is 0.225 e. The third-order valence-corrected chi connectivity index (χ3v) is 10.6. The standard InChI is InChI=1S/2C21H18N6O/c1-28-17-9-5-8-16(12-17)21(15-6-3-2-4-7-15)11-10-18-19(13-21)23-24-20(18)27-14-22-25-26-27;1-28-16-9-5-8-15(12-16)21(14-6-3-2-4-7-14)11-10-17-18(13-21)22-23-19(17)20-24-26-27-25-20/h2-12,14H,13H2,1H3,(H,23,24);2-12H,13H2,1H3,(H,22,23)(H,24,25,26,27). The SMILES string of the molecule is COc1cccc(C2(c3ccccc3)C=Cc3c(-c4nn[nH]n4)n[nH]c3C2)c1.COc1cccc(C2(c3ccccc3)C=Cc3c(-n4cnnn4)n[nH]c3C2)c1. The van der Waals surface area contributed by atoms with E-state index in [1.54, 1.807) is 25.2 Å². The van der Waals surface area contributed by atoms with E-state index < -0.39 is 0 Å². The van der Waals surface area contributed by atoms with Crippen LogP contribution in [-0.4, -0.2) is 75.4 Å². The Morgan fingerprint density at radius 2 is 1.20 bits per heavy atom. The molecule has 2 unspecified atom stereocenters. The zero-order chi connectivity index (χ0) is 38.0. The fraction of sp³-hybridized carbons (Fsp3) is 0.143. The molecule has 0 radical (unpaired) electrons. The van der Waals surface area contributed by atoms with Gasteiger partial charge >= 0.3 is 0 Å². The van der Waals surface area contributed by atoms with Crippen molar-refractivity contribution in [1.82, 2.24) is 61.2 Å². The fourth-order valence-corrected chi connectivity index (χ4v) is 7.78. The first kappa shape index (κ1) is 34.3. The number of nitrogens with one attached hydrogen (secondary N) is 3. The number of aromatic amines is 3. The molecule has 0 fully saturated rings. The van der Waals surface area contributed by atoms with Gasteiger partial charge in [0, 0.05) is 46.2 Å². The maximum absolute atomic E-state index is 5.48. The number of nitrogens with zero attached hydrogens (tertiary/aromatic N) is 9. The number of rotatable bonds is 8. The van der Waals surface area contributed by atoms with E-state index in [2.05, 4.69) is 154 Å². The molecule has 2 aliphatic carbocycles. The minimum absolute atomic E-state index is 0.326. The Bertz CT molecular complexity index is 2450. The van der Waals surface area contributed by atoms with Crippen molar-refractivity contribution in [2.45, 2.75) is 23.7 Å². The van der Waals surface area contributed by atoms with Crippen molar-refractivity contribution in [3.05, 3.63) is 172 Å². The molecule has 14 nitrogen and oxygen atoms in total. The third kappa shape index (κ3) is 6.02. The quantitative estimate of drug-likeness (QED) is 0.165. The first-order valence-electron chi connectivity index (χ1n) is 18.0. The van der Waals surface area contributed by atoms with Crippen LogP contribution in [0.25, 0.3) is 29.5 Å². The van der Waals surface area contributed by atoms with Crippen LogP contribution < -0.4 is 9.47 Å². The number of hydrogen-bond acceptors (Lipinski definition) is 10. The summed E-state index contributed by atoms with van der Waals surface area (Å²) in [6.07, 6.45) is 11.7. The second-order valence-electron chi connectivity index (χ2n) is 13.6. The minimum Gasteiger partial charge on any atom is -0.497 e. The topological polar surface area (TPSA) is 174 Å². The van der Waals surface area contributed by atoms with Gasteiger partial charge in [0.05, 0.1) is 14.2 Å².